The molecule has 4 atom stereocenters. The third-order valence-electron chi connectivity index (χ3n) is 6.88. The number of allylic oxidation sites excluding steroid dienone is 1. The van der Waals surface area contributed by atoms with Gasteiger partial charge in [0.15, 0.2) is 10.0 Å². The molecule has 1 aromatic rings. The summed E-state index contributed by atoms with van der Waals surface area (Å²) in [4.78, 5) is 16.1. The van der Waals surface area contributed by atoms with Crippen molar-refractivity contribution in [2.45, 2.75) is 94.1 Å². The van der Waals surface area contributed by atoms with Gasteiger partial charge in [-0.2, -0.15) is 0 Å². The average molecular weight is 482 g/mol. The van der Waals surface area contributed by atoms with Gasteiger partial charge in [0.2, 0.25) is 0 Å². The Hall–Kier alpha value is -0.890. The molecule has 1 aromatic heterocycles. The van der Waals surface area contributed by atoms with E-state index >= 15 is 0 Å². The number of thioether (sulfide) groups is 1. The molecule has 7 heteroatoms. The average Bonchev–Trinajstić information content (AvgIpc) is 3.36. The van der Waals surface area contributed by atoms with Gasteiger partial charge in [-0.15, -0.1) is 11.3 Å². The monoisotopic (exact) mass is 481 g/mol. The highest BCUT2D eigenvalue weighted by molar-refractivity contribution is 8.01. The van der Waals surface area contributed by atoms with Gasteiger partial charge in [-0.1, -0.05) is 56.0 Å². The van der Waals surface area contributed by atoms with E-state index in [0.29, 0.717) is 30.6 Å². The van der Waals surface area contributed by atoms with Crippen LogP contribution in [0, 0.1) is 17.8 Å². The lowest BCUT2D eigenvalue weighted by Gasteiger charge is -2.30. The van der Waals surface area contributed by atoms with Gasteiger partial charge in [-0.3, -0.25) is 0 Å². The Morgan fingerprint density at radius 1 is 1.31 bits per heavy atom. The summed E-state index contributed by atoms with van der Waals surface area (Å²) in [6.45, 7) is 4.11. The van der Waals surface area contributed by atoms with Crippen LogP contribution >= 0.6 is 23.1 Å². The minimum atomic E-state index is -0.636. The molecule has 0 amide bonds. The third kappa shape index (κ3) is 7.86. The van der Waals surface area contributed by atoms with Crippen LogP contribution in [0.25, 0.3) is 0 Å². The number of hydrogen-bond acceptors (Lipinski definition) is 7. The highest BCUT2D eigenvalue weighted by Gasteiger charge is 2.33. The zero-order valence-electron chi connectivity index (χ0n) is 19.5. The molecule has 1 heterocycles. The van der Waals surface area contributed by atoms with Crippen LogP contribution in [0.1, 0.15) is 88.5 Å². The zero-order valence-corrected chi connectivity index (χ0v) is 21.1. The van der Waals surface area contributed by atoms with Gasteiger partial charge in [-0.05, 0) is 63.7 Å². The molecular weight excluding hydrogens is 442 g/mol. The van der Waals surface area contributed by atoms with Crippen LogP contribution in [0.5, 0.6) is 0 Å². The molecule has 32 heavy (non-hydrogen) atoms. The summed E-state index contributed by atoms with van der Waals surface area (Å²) in [6.07, 6.45) is 14.9. The van der Waals surface area contributed by atoms with E-state index in [1.54, 1.807) is 24.1 Å². The number of carbonyl (C=O) groups is 1. The summed E-state index contributed by atoms with van der Waals surface area (Å²) < 4.78 is 5.86. The maximum absolute atomic E-state index is 11.8. The highest BCUT2D eigenvalue weighted by Crippen LogP contribution is 2.38. The summed E-state index contributed by atoms with van der Waals surface area (Å²) in [5.41, 5.74) is -0.260. The molecule has 0 bridgehead atoms. The van der Waals surface area contributed by atoms with Crippen molar-refractivity contribution in [1.82, 2.24) is 4.98 Å². The fourth-order valence-electron chi connectivity index (χ4n) is 5.22. The Labute approximate surface area is 201 Å². The van der Waals surface area contributed by atoms with Crippen molar-refractivity contribution in [3.63, 3.8) is 0 Å². The standard InChI is InChI=1S/C25H39NO4S2/c1-3-30-23(28)21-17-32-24(26-21)31-15-13-20-19(11-12-22(20)27)10-7-14-25(2,29)16-18-8-5-4-6-9-18/h7,10,17-20,22,27,29H,3-6,8-9,11-16H2,1-2H3/b10-7+/t19-,20-,22+,25?/m1/s1. The summed E-state index contributed by atoms with van der Waals surface area (Å²) in [5.74, 6) is 1.77. The number of hydrogen-bond donors (Lipinski definition) is 2. The predicted molar refractivity (Wildman–Crippen MR) is 131 cm³/mol. The molecule has 2 aliphatic rings. The second kappa shape index (κ2) is 12.5. The first-order valence-corrected chi connectivity index (χ1v) is 14.1. The number of ether oxygens (including phenoxy) is 1. The minimum absolute atomic E-state index is 0.242. The Balaban J connectivity index is 1.44. The molecule has 2 N–H and O–H groups in total. The molecule has 180 valence electrons. The van der Waals surface area contributed by atoms with Gasteiger partial charge < -0.3 is 14.9 Å². The van der Waals surface area contributed by atoms with Crippen molar-refractivity contribution >= 4 is 29.1 Å². The SMILES string of the molecule is CCOC(=O)c1csc(SCC[C@@H]2[C@H](/C=C/CC(C)(O)CC3CCCCC3)CC[C@@H]2O)n1. The van der Waals surface area contributed by atoms with Crippen molar-refractivity contribution < 1.29 is 19.7 Å². The lowest BCUT2D eigenvalue weighted by atomic mass is 9.80. The molecule has 5 nitrogen and oxygen atoms in total. The van der Waals surface area contributed by atoms with Crippen molar-refractivity contribution in [3.8, 4) is 0 Å². The Bertz CT molecular complexity index is 742. The maximum atomic E-state index is 11.8. The first-order chi connectivity index (χ1) is 15.4. The highest BCUT2D eigenvalue weighted by atomic mass is 32.2. The summed E-state index contributed by atoms with van der Waals surface area (Å²) >= 11 is 3.10. The molecule has 0 radical (unpaired) electrons. The number of aliphatic hydroxyl groups excluding tert-OH is 1. The number of rotatable bonds is 11. The molecule has 2 saturated carbocycles. The van der Waals surface area contributed by atoms with Crippen molar-refractivity contribution in [2.24, 2.45) is 17.8 Å². The number of thiazole rings is 1. The smallest absolute Gasteiger partial charge is 0.357 e. The Morgan fingerprint density at radius 3 is 2.84 bits per heavy atom. The number of esters is 1. The van der Waals surface area contributed by atoms with Crippen LogP contribution in [-0.2, 0) is 4.74 Å². The second-order valence-electron chi connectivity index (χ2n) is 9.67. The number of carbonyl (C=O) groups excluding carboxylic acids is 1. The van der Waals surface area contributed by atoms with Gasteiger partial charge in [0, 0.05) is 11.1 Å². The van der Waals surface area contributed by atoms with E-state index in [-0.39, 0.29) is 18.0 Å². The van der Waals surface area contributed by atoms with E-state index in [0.717, 1.165) is 35.8 Å². The second-order valence-corrected chi connectivity index (χ2v) is 11.9. The van der Waals surface area contributed by atoms with Crippen LogP contribution in [0.2, 0.25) is 0 Å². The van der Waals surface area contributed by atoms with E-state index < -0.39 is 5.60 Å². The largest absolute Gasteiger partial charge is 0.461 e. The van der Waals surface area contributed by atoms with Crippen LogP contribution in [0.15, 0.2) is 21.9 Å². The summed E-state index contributed by atoms with van der Waals surface area (Å²) in [6, 6.07) is 0. The molecule has 0 spiro atoms. The number of nitrogens with zero attached hydrogens (tertiary/aromatic N) is 1. The first kappa shape index (κ1) is 25.7. The normalized spacial score (nSPS) is 26.4. The lowest BCUT2D eigenvalue weighted by molar-refractivity contribution is 0.0302. The molecule has 0 aliphatic heterocycles. The quantitative estimate of drug-likeness (QED) is 0.234. The predicted octanol–water partition coefficient (Wildman–Crippen LogP) is 5.86. The topological polar surface area (TPSA) is 79.7 Å². The van der Waals surface area contributed by atoms with Crippen LogP contribution in [-0.4, -0.2) is 45.2 Å². The molecular formula is C25H39NO4S2. The zero-order chi connectivity index (χ0) is 23.0. The molecule has 3 rings (SSSR count). The van der Waals surface area contributed by atoms with Gasteiger partial charge in [0.05, 0.1) is 18.3 Å². The van der Waals surface area contributed by atoms with Gasteiger partial charge in [-0.25, -0.2) is 9.78 Å². The molecule has 2 aliphatic carbocycles. The number of aliphatic hydroxyl groups is 2. The summed E-state index contributed by atoms with van der Waals surface area (Å²) in [7, 11) is 0. The van der Waals surface area contributed by atoms with E-state index in [1.165, 1.54) is 43.4 Å². The van der Waals surface area contributed by atoms with Gasteiger partial charge in [0.25, 0.3) is 0 Å². The van der Waals surface area contributed by atoms with Crippen LogP contribution in [0.3, 0.4) is 0 Å². The fraction of sp³-hybridized carbons (Fsp3) is 0.760. The molecule has 0 aromatic carbocycles. The Kier molecular flexibility index (Phi) is 10.1. The molecule has 1 unspecified atom stereocenters. The van der Waals surface area contributed by atoms with Crippen LogP contribution < -0.4 is 0 Å². The lowest BCUT2D eigenvalue weighted by Crippen LogP contribution is -2.28. The van der Waals surface area contributed by atoms with Gasteiger partial charge in [0.1, 0.15) is 0 Å². The van der Waals surface area contributed by atoms with Gasteiger partial charge >= 0.3 is 5.97 Å². The summed E-state index contributed by atoms with van der Waals surface area (Å²) in [5, 5.41) is 23.1. The van der Waals surface area contributed by atoms with E-state index in [1.807, 2.05) is 6.92 Å². The molecule has 0 saturated heterocycles. The minimum Gasteiger partial charge on any atom is -0.461 e. The third-order valence-corrected chi connectivity index (χ3v) is 8.93. The maximum Gasteiger partial charge on any atom is 0.357 e. The molecule has 2 fully saturated rings. The van der Waals surface area contributed by atoms with E-state index in [9.17, 15) is 15.0 Å². The van der Waals surface area contributed by atoms with Crippen molar-refractivity contribution in [2.75, 3.05) is 12.4 Å². The van der Waals surface area contributed by atoms with E-state index in [2.05, 4.69) is 17.1 Å². The van der Waals surface area contributed by atoms with Crippen molar-refractivity contribution in [1.29, 1.82) is 0 Å². The Morgan fingerprint density at radius 2 is 2.09 bits per heavy atom. The van der Waals surface area contributed by atoms with Crippen LogP contribution in [0.4, 0.5) is 0 Å². The van der Waals surface area contributed by atoms with Crippen molar-refractivity contribution in [3.05, 3.63) is 23.2 Å². The van der Waals surface area contributed by atoms with E-state index in [4.69, 9.17) is 4.74 Å². The number of aromatic nitrogens is 1. The first-order valence-electron chi connectivity index (χ1n) is 12.2. The fourth-order valence-corrected chi connectivity index (χ4v) is 7.13.